The number of rotatable bonds is 4. The molecule has 0 amide bonds. The quantitative estimate of drug-likeness (QED) is 0.842. The SMILES string of the molecule is CNc1ccncc1S(=O)(=O)NC1CCN(C)CC1. The third-order valence-electron chi connectivity index (χ3n) is 3.38. The molecule has 7 heteroatoms. The van der Waals surface area contributed by atoms with Gasteiger partial charge in [0.05, 0.1) is 5.69 Å². The van der Waals surface area contributed by atoms with Crippen molar-refractivity contribution < 1.29 is 8.42 Å². The van der Waals surface area contributed by atoms with Crippen molar-refractivity contribution in [3.05, 3.63) is 18.5 Å². The third-order valence-corrected chi connectivity index (χ3v) is 4.93. The molecule has 0 spiro atoms. The summed E-state index contributed by atoms with van der Waals surface area (Å²) in [6.45, 7) is 1.83. The largest absolute Gasteiger partial charge is 0.387 e. The van der Waals surface area contributed by atoms with Gasteiger partial charge >= 0.3 is 0 Å². The average Bonchev–Trinajstić information content (AvgIpc) is 2.41. The highest BCUT2D eigenvalue weighted by molar-refractivity contribution is 7.89. The minimum absolute atomic E-state index is 0.00566. The van der Waals surface area contributed by atoms with Crippen molar-refractivity contribution in [2.45, 2.75) is 23.8 Å². The monoisotopic (exact) mass is 284 g/mol. The van der Waals surface area contributed by atoms with Gasteiger partial charge in [-0.15, -0.1) is 0 Å². The molecule has 1 aliphatic heterocycles. The fraction of sp³-hybridized carbons (Fsp3) is 0.583. The molecular formula is C12H20N4O2S. The van der Waals surface area contributed by atoms with Crippen LogP contribution >= 0.6 is 0 Å². The van der Waals surface area contributed by atoms with Gasteiger partial charge in [0.1, 0.15) is 4.90 Å². The van der Waals surface area contributed by atoms with E-state index in [0.717, 1.165) is 25.9 Å². The van der Waals surface area contributed by atoms with Gasteiger partial charge in [-0.1, -0.05) is 0 Å². The van der Waals surface area contributed by atoms with Crippen molar-refractivity contribution in [1.29, 1.82) is 0 Å². The van der Waals surface area contributed by atoms with Gasteiger partial charge < -0.3 is 10.2 Å². The van der Waals surface area contributed by atoms with Gasteiger partial charge in [0.15, 0.2) is 0 Å². The summed E-state index contributed by atoms with van der Waals surface area (Å²) in [7, 11) is 0.231. The highest BCUT2D eigenvalue weighted by Gasteiger charge is 2.25. The molecule has 0 atom stereocenters. The molecule has 2 N–H and O–H groups in total. The van der Waals surface area contributed by atoms with Crippen LogP contribution in [0.3, 0.4) is 0 Å². The number of aromatic nitrogens is 1. The number of likely N-dealkylation sites (tertiary alicyclic amines) is 1. The first-order chi connectivity index (χ1) is 9.03. The summed E-state index contributed by atoms with van der Waals surface area (Å²) in [6.07, 6.45) is 4.62. The van der Waals surface area contributed by atoms with E-state index in [0.29, 0.717) is 5.69 Å². The highest BCUT2D eigenvalue weighted by atomic mass is 32.2. The summed E-state index contributed by atoms with van der Waals surface area (Å²) in [6, 6.07) is 1.66. The molecule has 2 rings (SSSR count). The molecule has 2 heterocycles. The zero-order valence-electron chi connectivity index (χ0n) is 11.3. The second-order valence-corrected chi connectivity index (χ2v) is 6.50. The minimum Gasteiger partial charge on any atom is -0.387 e. The zero-order valence-corrected chi connectivity index (χ0v) is 12.1. The summed E-state index contributed by atoms with van der Waals surface area (Å²) in [4.78, 5) is 6.30. The van der Waals surface area contributed by atoms with Crippen LogP contribution in [0, 0.1) is 0 Å². The summed E-state index contributed by atoms with van der Waals surface area (Å²) in [5, 5.41) is 2.88. The topological polar surface area (TPSA) is 74.3 Å². The Morgan fingerprint density at radius 1 is 1.37 bits per heavy atom. The first-order valence-corrected chi connectivity index (χ1v) is 7.84. The van der Waals surface area contributed by atoms with Crippen molar-refractivity contribution >= 4 is 15.7 Å². The molecule has 0 unspecified atom stereocenters. The van der Waals surface area contributed by atoms with Crippen LogP contribution in [-0.2, 0) is 10.0 Å². The minimum atomic E-state index is -3.51. The molecular weight excluding hydrogens is 264 g/mol. The maximum atomic E-state index is 12.4. The number of pyridine rings is 1. The lowest BCUT2D eigenvalue weighted by Gasteiger charge is -2.29. The van der Waals surface area contributed by atoms with E-state index in [-0.39, 0.29) is 10.9 Å². The Bertz CT molecular complexity index is 524. The predicted molar refractivity (Wildman–Crippen MR) is 74.6 cm³/mol. The van der Waals surface area contributed by atoms with Crippen LogP contribution in [0.25, 0.3) is 0 Å². The molecule has 0 saturated carbocycles. The molecule has 6 nitrogen and oxygen atoms in total. The number of sulfonamides is 1. The lowest BCUT2D eigenvalue weighted by molar-refractivity contribution is 0.248. The lowest BCUT2D eigenvalue weighted by atomic mass is 10.1. The van der Waals surface area contributed by atoms with Crippen molar-refractivity contribution in [3.63, 3.8) is 0 Å². The molecule has 0 aliphatic carbocycles. The van der Waals surface area contributed by atoms with Crippen LogP contribution < -0.4 is 10.0 Å². The number of piperidine rings is 1. The molecule has 1 aromatic rings. The van der Waals surface area contributed by atoms with E-state index in [4.69, 9.17) is 0 Å². The van der Waals surface area contributed by atoms with Gasteiger partial charge in [0.25, 0.3) is 0 Å². The predicted octanol–water partition coefficient (Wildman–Crippen LogP) is 0.496. The van der Waals surface area contributed by atoms with E-state index in [2.05, 4.69) is 19.9 Å². The van der Waals surface area contributed by atoms with Crippen molar-refractivity contribution in [2.75, 3.05) is 32.5 Å². The van der Waals surface area contributed by atoms with Crippen molar-refractivity contribution in [2.24, 2.45) is 0 Å². The molecule has 1 aromatic heterocycles. The number of hydrogen-bond acceptors (Lipinski definition) is 5. The Morgan fingerprint density at radius 2 is 2.05 bits per heavy atom. The maximum absolute atomic E-state index is 12.4. The number of anilines is 1. The molecule has 1 aliphatic rings. The van der Waals surface area contributed by atoms with Crippen LogP contribution in [0.5, 0.6) is 0 Å². The van der Waals surface area contributed by atoms with Crippen LogP contribution in [0.1, 0.15) is 12.8 Å². The normalized spacial score (nSPS) is 18.4. The van der Waals surface area contributed by atoms with Gasteiger partial charge in [-0.3, -0.25) is 4.98 Å². The highest BCUT2D eigenvalue weighted by Crippen LogP contribution is 2.20. The van der Waals surface area contributed by atoms with Gasteiger partial charge in [0, 0.05) is 25.5 Å². The Hall–Kier alpha value is -1.18. The number of hydrogen-bond donors (Lipinski definition) is 2. The van der Waals surface area contributed by atoms with E-state index in [1.165, 1.54) is 6.20 Å². The van der Waals surface area contributed by atoms with Crippen molar-refractivity contribution in [1.82, 2.24) is 14.6 Å². The Kier molecular flexibility index (Phi) is 4.38. The first kappa shape index (κ1) is 14.2. The first-order valence-electron chi connectivity index (χ1n) is 6.35. The van der Waals surface area contributed by atoms with E-state index in [1.54, 1.807) is 19.3 Å². The lowest BCUT2D eigenvalue weighted by Crippen LogP contribution is -2.43. The Labute approximate surface area is 114 Å². The fourth-order valence-electron chi connectivity index (χ4n) is 2.21. The van der Waals surface area contributed by atoms with Gasteiger partial charge in [-0.05, 0) is 39.0 Å². The second kappa shape index (κ2) is 5.85. The smallest absolute Gasteiger partial charge is 0.244 e. The summed E-state index contributed by atoms with van der Waals surface area (Å²) >= 11 is 0. The van der Waals surface area contributed by atoms with E-state index in [9.17, 15) is 8.42 Å². The van der Waals surface area contributed by atoms with Crippen LogP contribution in [0.2, 0.25) is 0 Å². The molecule has 1 fully saturated rings. The fourth-order valence-corrected chi connectivity index (χ4v) is 3.67. The second-order valence-electron chi connectivity index (χ2n) is 4.82. The molecule has 0 radical (unpaired) electrons. The molecule has 0 aromatic carbocycles. The number of nitrogens with one attached hydrogen (secondary N) is 2. The average molecular weight is 284 g/mol. The molecule has 1 saturated heterocycles. The van der Waals surface area contributed by atoms with E-state index in [1.807, 2.05) is 7.05 Å². The summed E-state index contributed by atoms with van der Waals surface area (Å²) < 4.78 is 27.5. The van der Waals surface area contributed by atoms with Gasteiger partial charge in [-0.25, -0.2) is 13.1 Å². The molecule has 19 heavy (non-hydrogen) atoms. The van der Waals surface area contributed by atoms with Crippen LogP contribution in [0.4, 0.5) is 5.69 Å². The van der Waals surface area contributed by atoms with Gasteiger partial charge in [0.2, 0.25) is 10.0 Å². The maximum Gasteiger partial charge on any atom is 0.244 e. The van der Waals surface area contributed by atoms with E-state index < -0.39 is 10.0 Å². The van der Waals surface area contributed by atoms with Crippen LogP contribution in [0.15, 0.2) is 23.4 Å². The summed E-state index contributed by atoms with van der Waals surface area (Å²) in [5.74, 6) is 0. The Morgan fingerprint density at radius 3 is 2.68 bits per heavy atom. The Balaban J connectivity index is 2.14. The summed E-state index contributed by atoms with van der Waals surface area (Å²) in [5.41, 5.74) is 0.565. The molecule has 0 bridgehead atoms. The van der Waals surface area contributed by atoms with Crippen molar-refractivity contribution in [3.8, 4) is 0 Å². The standard InChI is InChI=1S/C12H20N4O2S/c1-13-11-3-6-14-9-12(11)19(17,18)15-10-4-7-16(2)8-5-10/h3,6,9-10,15H,4-5,7-8H2,1-2H3,(H,13,14). The van der Waals surface area contributed by atoms with Gasteiger partial charge in [-0.2, -0.15) is 0 Å². The van der Waals surface area contributed by atoms with Crippen LogP contribution in [-0.4, -0.2) is 51.5 Å². The zero-order chi connectivity index (χ0) is 13.9. The molecule has 106 valence electrons. The third kappa shape index (κ3) is 3.43. The number of nitrogens with zero attached hydrogens (tertiary/aromatic N) is 2. The van der Waals surface area contributed by atoms with E-state index >= 15 is 0 Å².